The molecule has 1 aliphatic rings. The number of nitrogens with zero attached hydrogens (tertiary/aromatic N) is 2. The van der Waals surface area contributed by atoms with Crippen molar-refractivity contribution in [1.29, 1.82) is 0 Å². The van der Waals surface area contributed by atoms with Crippen LogP contribution in [0.1, 0.15) is 26.5 Å². The number of aliphatic carboxylic acids is 1. The first-order valence-electron chi connectivity index (χ1n) is 6.78. The van der Waals surface area contributed by atoms with Crippen LogP contribution < -0.4 is 0 Å². The molecule has 0 bridgehead atoms. The molecule has 1 N–H and O–H groups in total. The summed E-state index contributed by atoms with van der Waals surface area (Å²) in [7, 11) is 0. The first kappa shape index (κ1) is 15.0. The number of carbonyl (C=O) groups excluding carboxylic acids is 1. The SMILES string of the molecule is Cc1cc(C(=O)N2CCCN(CC(=O)O)CC2)c(C)s1. The van der Waals surface area contributed by atoms with Gasteiger partial charge in [-0.2, -0.15) is 0 Å². The molecule has 1 aromatic rings. The quantitative estimate of drug-likeness (QED) is 0.920. The average Bonchev–Trinajstić information content (AvgIpc) is 2.58. The molecular formula is C14H20N2O3S. The van der Waals surface area contributed by atoms with Crippen molar-refractivity contribution in [1.82, 2.24) is 9.80 Å². The largest absolute Gasteiger partial charge is 0.480 e. The van der Waals surface area contributed by atoms with Gasteiger partial charge in [0.15, 0.2) is 0 Å². The zero-order valence-electron chi connectivity index (χ0n) is 11.9. The first-order valence-corrected chi connectivity index (χ1v) is 7.59. The predicted molar refractivity (Wildman–Crippen MR) is 78.4 cm³/mol. The van der Waals surface area contributed by atoms with Gasteiger partial charge in [-0.15, -0.1) is 11.3 Å². The first-order chi connectivity index (χ1) is 9.47. The molecule has 2 rings (SSSR count). The molecule has 1 fully saturated rings. The minimum Gasteiger partial charge on any atom is -0.480 e. The number of aryl methyl sites for hydroxylation is 2. The Morgan fingerprint density at radius 2 is 2.00 bits per heavy atom. The summed E-state index contributed by atoms with van der Waals surface area (Å²) in [5, 5.41) is 8.83. The van der Waals surface area contributed by atoms with E-state index in [0.29, 0.717) is 19.6 Å². The molecule has 110 valence electrons. The van der Waals surface area contributed by atoms with E-state index in [2.05, 4.69) is 0 Å². The van der Waals surface area contributed by atoms with Crippen LogP contribution in [0.4, 0.5) is 0 Å². The molecule has 0 spiro atoms. The van der Waals surface area contributed by atoms with Gasteiger partial charge in [0.05, 0.1) is 12.1 Å². The summed E-state index contributed by atoms with van der Waals surface area (Å²) in [6, 6.07) is 1.95. The Morgan fingerprint density at radius 1 is 1.25 bits per heavy atom. The summed E-state index contributed by atoms with van der Waals surface area (Å²) in [4.78, 5) is 29.2. The van der Waals surface area contributed by atoms with Gasteiger partial charge in [-0.25, -0.2) is 0 Å². The topological polar surface area (TPSA) is 60.9 Å². The van der Waals surface area contributed by atoms with Gasteiger partial charge in [-0.05, 0) is 26.3 Å². The predicted octanol–water partition coefficient (Wildman–Crippen LogP) is 1.60. The van der Waals surface area contributed by atoms with E-state index in [1.807, 2.05) is 29.7 Å². The fourth-order valence-corrected chi connectivity index (χ4v) is 3.45. The van der Waals surface area contributed by atoms with Crippen LogP contribution in [0.5, 0.6) is 0 Å². The summed E-state index contributed by atoms with van der Waals surface area (Å²) in [5.41, 5.74) is 0.791. The molecule has 1 amide bonds. The van der Waals surface area contributed by atoms with Gasteiger partial charge in [0.25, 0.3) is 5.91 Å². The van der Waals surface area contributed by atoms with Crippen LogP contribution in [0.15, 0.2) is 6.07 Å². The second-order valence-electron chi connectivity index (χ2n) is 5.14. The van der Waals surface area contributed by atoms with Crippen LogP contribution in [0, 0.1) is 13.8 Å². The normalized spacial score (nSPS) is 17.0. The molecule has 0 radical (unpaired) electrons. The fourth-order valence-electron chi connectivity index (χ4n) is 2.54. The summed E-state index contributed by atoms with van der Waals surface area (Å²) in [6.07, 6.45) is 0.821. The van der Waals surface area contributed by atoms with Gasteiger partial charge in [0.1, 0.15) is 0 Å². The van der Waals surface area contributed by atoms with Crippen LogP contribution in [0.2, 0.25) is 0 Å². The van der Waals surface area contributed by atoms with E-state index in [9.17, 15) is 9.59 Å². The van der Waals surface area contributed by atoms with Gasteiger partial charge >= 0.3 is 5.97 Å². The number of carboxylic acids is 1. The Morgan fingerprint density at radius 3 is 2.60 bits per heavy atom. The van der Waals surface area contributed by atoms with Crippen molar-refractivity contribution < 1.29 is 14.7 Å². The van der Waals surface area contributed by atoms with Crippen molar-refractivity contribution >= 4 is 23.2 Å². The second-order valence-corrected chi connectivity index (χ2v) is 6.60. The maximum atomic E-state index is 12.5. The van der Waals surface area contributed by atoms with E-state index in [4.69, 9.17) is 5.11 Å². The summed E-state index contributed by atoms with van der Waals surface area (Å²) >= 11 is 1.64. The Kier molecular flexibility index (Phi) is 4.77. The summed E-state index contributed by atoms with van der Waals surface area (Å²) in [5.74, 6) is -0.738. The monoisotopic (exact) mass is 296 g/mol. The molecule has 0 saturated carbocycles. The van der Waals surface area contributed by atoms with Crippen molar-refractivity contribution in [2.24, 2.45) is 0 Å². The smallest absolute Gasteiger partial charge is 0.317 e. The van der Waals surface area contributed by atoms with Crippen molar-refractivity contribution in [2.45, 2.75) is 20.3 Å². The van der Waals surface area contributed by atoms with Gasteiger partial charge in [0.2, 0.25) is 0 Å². The third-order valence-electron chi connectivity index (χ3n) is 3.51. The highest BCUT2D eigenvalue weighted by molar-refractivity contribution is 7.12. The standard InChI is InChI=1S/C14H20N2O3S/c1-10-8-12(11(2)20-10)14(19)16-5-3-4-15(6-7-16)9-13(17)18/h8H,3-7,9H2,1-2H3,(H,17,18). The van der Waals surface area contributed by atoms with E-state index in [0.717, 1.165) is 28.3 Å². The number of hydrogen-bond acceptors (Lipinski definition) is 4. The van der Waals surface area contributed by atoms with Crippen LogP contribution in [0.25, 0.3) is 0 Å². The molecule has 0 aromatic carbocycles. The lowest BCUT2D eigenvalue weighted by atomic mass is 10.2. The molecule has 2 heterocycles. The highest BCUT2D eigenvalue weighted by atomic mass is 32.1. The number of carboxylic acid groups (broad SMARTS) is 1. The Balaban J connectivity index is 2.01. The Labute approximate surface area is 122 Å². The third-order valence-corrected chi connectivity index (χ3v) is 4.47. The minimum absolute atomic E-state index is 0.0542. The number of thiophene rings is 1. The average molecular weight is 296 g/mol. The zero-order valence-corrected chi connectivity index (χ0v) is 12.7. The Bertz CT molecular complexity index is 513. The maximum Gasteiger partial charge on any atom is 0.317 e. The van der Waals surface area contributed by atoms with E-state index < -0.39 is 5.97 Å². The molecule has 0 atom stereocenters. The maximum absolute atomic E-state index is 12.5. The van der Waals surface area contributed by atoms with Crippen molar-refractivity contribution in [3.8, 4) is 0 Å². The zero-order chi connectivity index (χ0) is 14.7. The van der Waals surface area contributed by atoms with E-state index in [1.165, 1.54) is 0 Å². The lowest BCUT2D eigenvalue weighted by Crippen LogP contribution is -2.36. The highest BCUT2D eigenvalue weighted by Crippen LogP contribution is 2.22. The second kappa shape index (κ2) is 6.37. The molecule has 5 nitrogen and oxygen atoms in total. The van der Waals surface area contributed by atoms with Crippen molar-refractivity contribution in [3.05, 3.63) is 21.4 Å². The number of amides is 1. The minimum atomic E-state index is -0.811. The van der Waals surface area contributed by atoms with E-state index >= 15 is 0 Å². The van der Waals surface area contributed by atoms with Crippen molar-refractivity contribution in [3.63, 3.8) is 0 Å². The number of rotatable bonds is 3. The van der Waals surface area contributed by atoms with Crippen LogP contribution in [-0.4, -0.2) is 59.5 Å². The molecule has 0 unspecified atom stereocenters. The molecule has 1 saturated heterocycles. The van der Waals surface area contributed by atoms with Gasteiger partial charge in [0, 0.05) is 35.9 Å². The van der Waals surface area contributed by atoms with Crippen molar-refractivity contribution in [2.75, 3.05) is 32.7 Å². The molecule has 1 aromatic heterocycles. The van der Waals surface area contributed by atoms with Gasteiger partial charge in [-0.1, -0.05) is 0 Å². The van der Waals surface area contributed by atoms with Crippen LogP contribution in [0.3, 0.4) is 0 Å². The van der Waals surface area contributed by atoms with Gasteiger partial charge in [-0.3, -0.25) is 14.5 Å². The van der Waals surface area contributed by atoms with Gasteiger partial charge < -0.3 is 10.0 Å². The highest BCUT2D eigenvalue weighted by Gasteiger charge is 2.23. The Hall–Kier alpha value is -1.40. The summed E-state index contributed by atoms with van der Waals surface area (Å²) in [6.45, 7) is 6.69. The molecule has 1 aliphatic heterocycles. The lowest BCUT2D eigenvalue weighted by molar-refractivity contribution is -0.138. The molecule has 0 aliphatic carbocycles. The summed E-state index contributed by atoms with van der Waals surface area (Å²) < 4.78 is 0. The number of hydrogen-bond donors (Lipinski definition) is 1. The number of carbonyl (C=O) groups is 2. The molecular weight excluding hydrogens is 276 g/mol. The molecule has 20 heavy (non-hydrogen) atoms. The van der Waals surface area contributed by atoms with Crippen LogP contribution in [-0.2, 0) is 4.79 Å². The molecule has 6 heteroatoms. The fraction of sp³-hybridized carbons (Fsp3) is 0.571. The lowest BCUT2D eigenvalue weighted by Gasteiger charge is -2.21. The third kappa shape index (κ3) is 3.58. The van der Waals surface area contributed by atoms with E-state index in [1.54, 1.807) is 11.3 Å². The van der Waals surface area contributed by atoms with Crippen LogP contribution >= 0.6 is 11.3 Å². The van der Waals surface area contributed by atoms with E-state index in [-0.39, 0.29) is 12.5 Å².